The SMILES string of the molecule is O=C(NCCCS)OCCCCCCCCSc1ccnc2c1ccc1cccnc12.[HH]. The molecule has 2 aromatic heterocycles. The average Bonchev–Trinajstić information content (AvgIpc) is 2.80. The number of hydrogen-bond acceptors (Lipinski definition) is 6. The second kappa shape index (κ2) is 13.4. The molecule has 7 heteroatoms. The Labute approximate surface area is 195 Å². The molecule has 0 unspecified atom stereocenters. The number of nitrogens with zero attached hydrogens (tertiary/aromatic N) is 2. The average molecular weight is 460 g/mol. The summed E-state index contributed by atoms with van der Waals surface area (Å²) >= 11 is 6.01. The number of benzene rings is 1. The number of rotatable bonds is 13. The first kappa shape index (κ1) is 23.7. The molecule has 0 fully saturated rings. The number of nitrogens with one attached hydrogen (secondary N) is 1. The molecular weight excluding hydrogens is 426 g/mol. The standard InChI is InChI=1S/C24H31N3O2S2.H2/c28-24(27-14-8-17-30)29-16-5-3-1-2-4-6-18-31-21-12-15-26-23-20(21)11-10-19-9-7-13-25-22(19)23;/h7,9-13,15,30H,1-6,8,14,16-18H2,(H,27,28);1H. The van der Waals surface area contributed by atoms with Crippen LogP contribution in [0, 0.1) is 0 Å². The predicted octanol–water partition coefficient (Wildman–Crippen LogP) is 6.51. The fraction of sp³-hybridized carbons (Fsp3) is 0.458. The third-order valence-corrected chi connectivity index (χ3v) is 6.55. The summed E-state index contributed by atoms with van der Waals surface area (Å²) in [5.41, 5.74) is 1.96. The molecule has 0 aliphatic rings. The number of carbonyl (C=O) groups excluding carboxylic acids is 1. The van der Waals surface area contributed by atoms with Crippen LogP contribution in [0.15, 0.2) is 47.6 Å². The maximum atomic E-state index is 11.4. The van der Waals surface area contributed by atoms with Gasteiger partial charge in [-0.25, -0.2) is 4.79 Å². The number of thioether (sulfide) groups is 1. The van der Waals surface area contributed by atoms with Gasteiger partial charge in [0.15, 0.2) is 0 Å². The minimum Gasteiger partial charge on any atom is -0.450 e. The van der Waals surface area contributed by atoms with E-state index >= 15 is 0 Å². The van der Waals surface area contributed by atoms with E-state index in [-0.39, 0.29) is 7.52 Å². The molecule has 1 N–H and O–H groups in total. The third kappa shape index (κ3) is 7.58. The van der Waals surface area contributed by atoms with Gasteiger partial charge >= 0.3 is 6.09 Å². The van der Waals surface area contributed by atoms with E-state index in [1.165, 1.54) is 36.0 Å². The van der Waals surface area contributed by atoms with Gasteiger partial charge in [-0.05, 0) is 42.9 Å². The highest BCUT2D eigenvalue weighted by Gasteiger charge is 2.07. The Morgan fingerprint density at radius 1 is 0.968 bits per heavy atom. The summed E-state index contributed by atoms with van der Waals surface area (Å²) in [7, 11) is 0. The fourth-order valence-corrected chi connectivity index (χ4v) is 4.64. The molecular formula is C24H33N3O2S2. The second-order valence-corrected chi connectivity index (χ2v) is 9.04. The zero-order valence-electron chi connectivity index (χ0n) is 17.9. The van der Waals surface area contributed by atoms with Crippen molar-refractivity contribution in [2.24, 2.45) is 0 Å². The first-order valence-corrected chi connectivity index (χ1v) is 12.7. The predicted molar refractivity (Wildman–Crippen MR) is 135 cm³/mol. The molecule has 0 saturated carbocycles. The van der Waals surface area contributed by atoms with Crippen molar-refractivity contribution in [1.29, 1.82) is 0 Å². The summed E-state index contributed by atoms with van der Waals surface area (Å²) in [5, 5.41) is 5.04. The lowest BCUT2D eigenvalue weighted by Gasteiger charge is -2.08. The molecule has 0 atom stereocenters. The van der Waals surface area contributed by atoms with Gasteiger partial charge in [-0.3, -0.25) is 9.97 Å². The summed E-state index contributed by atoms with van der Waals surface area (Å²) in [5.74, 6) is 1.88. The van der Waals surface area contributed by atoms with Crippen molar-refractivity contribution in [1.82, 2.24) is 15.3 Å². The quantitative estimate of drug-likeness (QED) is 0.132. The number of hydrogen-bond donors (Lipinski definition) is 2. The van der Waals surface area contributed by atoms with Crippen LogP contribution in [-0.2, 0) is 4.74 Å². The summed E-state index contributed by atoms with van der Waals surface area (Å²) in [6.07, 6.45) is 11.1. The van der Waals surface area contributed by atoms with Crippen LogP contribution in [0.1, 0.15) is 46.4 Å². The second-order valence-electron chi connectivity index (χ2n) is 7.46. The number of pyridine rings is 2. The summed E-state index contributed by atoms with van der Waals surface area (Å²) < 4.78 is 5.16. The minimum absolute atomic E-state index is 0. The number of ether oxygens (including phenoxy) is 1. The third-order valence-electron chi connectivity index (χ3n) is 5.08. The first-order valence-electron chi connectivity index (χ1n) is 11.1. The number of amides is 1. The highest BCUT2D eigenvalue weighted by atomic mass is 32.2. The zero-order valence-corrected chi connectivity index (χ0v) is 19.6. The number of carbonyl (C=O) groups is 1. The molecule has 0 bridgehead atoms. The van der Waals surface area contributed by atoms with Gasteiger partial charge in [0.1, 0.15) is 0 Å². The van der Waals surface area contributed by atoms with Crippen LogP contribution in [0.5, 0.6) is 0 Å². The molecule has 0 spiro atoms. The largest absolute Gasteiger partial charge is 0.450 e. The van der Waals surface area contributed by atoms with Gasteiger partial charge in [-0.2, -0.15) is 12.6 Å². The lowest BCUT2D eigenvalue weighted by atomic mass is 10.1. The Hall–Kier alpha value is -1.99. The van der Waals surface area contributed by atoms with Crippen molar-refractivity contribution in [2.75, 3.05) is 24.7 Å². The minimum atomic E-state index is -0.314. The molecule has 0 aliphatic carbocycles. The summed E-state index contributed by atoms with van der Waals surface area (Å²) in [6.45, 7) is 1.13. The maximum Gasteiger partial charge on any atom is 0.407 e. The van der Waals surface area contributed by atoms with Crippen LogP contribution in [0.4, 0.5) is 4.79 Å². The number of unbranched alkanes of at least 4 members (excludes halogenated alkanes) is 5. The van der Waals surface area contributed by atoms with Gasteiger partial charge in [0.05, 0.1) is 17.6 Å². The van der Waals surface area contributed by atoms with E-state index in [4.69, 9.17) is 4.74 Å². The van der Waals surface area contributed by atoms with Crippen molar-refractivity contribution in [3.05, 3.63) is 42.7 Å². The molecule has 0 saturated heterocycles. The van der Waals surface area contributed by atoms with Crippen molar-refractivity contribution < 1.29 is 11.0 Å². The van der Waals surface area contributed by atoms with Gasteiger partial charge in [0, 0.05) is 36.0 Å². The number of aromatic nitrogens is 2. The normalized spacial score (nSPS) is 11.1. The van der Waals surface area contributed by atoms with Crippen LogP contribution >= 0.6 is 24.4 Å². The van der Waals surface area contributed by atoms with E-state index < -0.39 is 0 Å². The van der Waals surface area contributed by atoms with Crippen LogP contribution in [0.25, 0.3) is 21.8 Å². The molecule has 3 aromatic rings. The summed E-state index contributed by atoms with van der Waals surface area (Å²) in [6, 6.07) is 10.4. The monoisotopic (exact) mass is 459 g/mol. The van der Waals surface area contributed by atoms with Crippen LogP contribution in [0.3, 0.4) is 0 Å². The molecule has 5 nitrogen and oxygen atoms in total. The Bertz CT molecular complexity index is 974. The van der Waals surface area contributed by atoms with E-state index in [9.17, 15) is 4.79 Å². The number of thiol groups is 1. The van der Waals surface area contributed by atoms with Crippen molar-refractivity contribution >= 4 is 52.3 Å². The van der Waals surface area contributed by atoms with Crippen molar-refractivity contribution in [3.63, 3.8) is 0 Å². The zero-order chi connectivity index (χ0) is 21.7. The lowest BCUT2D eigenvalue weighted by Crippen LogP contribution is -2.25. The Balaban J connectivity index is 0.00000363. The molecule has 0 aliphatic heterocycles. The van der Waals surface area contributed by atoms with Gasteiger partial charge < -0.3 is 10.1 Å². The van der Waals surface area contributed by atoms with E-state index in [2.05, 4.69) is 52.2 Å². The highest BCUT2D eigenvalue weighted by Crippen LogP contribution is 2.30. The van der Waals surface area contributed by atoms with E-state index in [1.54, 1.807) is 0 Å². The number of alkyl carbamates (subject to hydrolysis) is 1. The topological polar surface area (TPSA) is 64.1 Å². The van der Waals surface area contributed by atoms with Gasteiger partial charge in [-0.15, -0.1) is 11.8 Å². The van der Waals surface area contributed by atoms with Crippen LogP contribution in [0.2, 0.25) is 0 Å². The van der Waals surface area contributed by atoms with Crippen molar-refractivity contribution in [2.45, 2.75) is 49.8 Å². The smallest absolute Gasteiger partial charge is 0.407 e. The Morgan fingerprint density at radius 3 is 2.65 bits per heavy atom. The molecule has 1 amide bonds. The van der Waals surface area contributed by atoms with E-state index in [0.29, 0.717) is 13.2 Å². The summed E-state index contributed by atoms with van der Waals surface area (Å²) in [4.78, 5) is 21.8. The molecule has 0 radical (unpaired) electrons. The lowest BCUT2D eigenvalue weighted by molar-refractivity contribution is 0.144. The molecule has 2 heterocycles. The molecule has 3 rings (SSSR count). The first-order chi connectivity index (χ1) is 15.3. The molecule has 1 aromatic carbocycles. The Kier molecular flexibility index (Phi) is 10.3. The van der Waals surface area contributed by atoms with E-state index in [1.807, 2.05) is 30.2 Å². The Morgan fingerprint density at radius 2 is 1.77 bits per heavy atom. The van der Waals surface area contributed by atoms with Gasteiger partial charge in [0.25, 0.3) is 0 Å². The highest BCUT2D eigenvalue weighted by molar-refractivity contribution is 7.99. The maximum absolute atomic E-state index is 11.4. The van der Waals surface area contributed by atoms with E-state index in [0.717, 1.165) is 47.2 Å². The van der Waals surface area contributed by atoms with Crippen LogP contribution in [-0.4, -0.2) is 40.7 Å². The molecule has 31 heavy (non-hydrogen) atoms. The van der Waals surface area contributed by atoms with Gasteiger partial charge in [-0.1, -0.05) is 43.9 Å². The number of fused-ring (bicyclic) bond motifs is 3. The van der Waals surface area contributed by atoms with Crippen molar-refractivity contribution in [3.8, 4) is 0 Å². The van der Waals surface area contributed by atoms with Gasteiger partial charge in [0.2, 0.25) is 0 Å². The fourth-order valence-electron chi connectivity index (χ4n) is 3.43. The molecule has 168 valence electrons. The van der Waals surface area contributed by atoms with Crippen LogP contribution < -0.4 is 5.32 Å².